The van der Waals surface area contributed by atoms with Gasteiger partial charge in [0.25, 0.3) is 0 Å². The van der Waals surface area contributed by atoms with Gasteiger partial charge in [-0.3, -0.25) is 10.2 Å². The van der Waals surface area contributed by atoms with Gasteiger partial charge in [-0.1, -0.05) is 6.07 Å². The van der Waals surface area contributed by atoms with Crippen LogP contribution in [0.3, 0.4) is 0 Å². The van der Waals surface area contributed by atoms with Crippen LogP contribution in [0.2, 0.25) is 0 Å². The summed E-state index contributed by atoms with van der Waals surface area (Å²) in [6.45, 7) is 11.1. The van der Waals surface area contributed by atoms with Gasteiger partial charge in [-0.25, -0.2) is 19.6 Å². The number of amides is 2. The highest BCUT2D eigenvalue weighted by atomic mass is 16.6. The van der Waals surface area contributed by atoms with Crippen molar-refractivity contribution in [3.63, 3.8) is 0 Å². The van der Waals surface area contributed by atoms with Gasteiger partial charge in [0.15, 0.2) is 0 Å². The van der Waals surface area contributed by atoms with Crippen LogP contribution in [0, 0.1) is 0 Å². The van der Waals surface area contributed by atoms with E-state index in [-0.39, 0.29) is 6.61 Å². The van der Waals surface area contributed by atoms with Crippen molar-refractivity contribution in [2.45, 2.75) is 59.1 Å². The minimum absolute atomic E-state index is 0.114. The summed E-state index contributed by atoms with van der Waals surface area (Å²) >= 11 is 0. The molecule has 0 fully saturated rings. The first-order valence-corrected chi connectivity index (χ1v) is 9.99. The molecule has 0 saturated carbocycles. The van der Waals surface area contributed by atoms with E-state index in [1.807, 2.05) is 20.8 Å². The standard InChI is InChI=1S/C22H31N5O4/c1-21(2,3)27(18-11-10-15(23)14-24-18)20(29)30-13-12-16-8-7-9-17(25-16)26-19(28)31-22(4,5)6/h7-11,14H,12-13,23H2,1-6H3,(H,25,26,28). The van der Waals surface area contributed by atoms with Gasteiger partial charge in [0, 0.05) is 17.7 Å². The Morgan fingerprint density at radius 3 is 2.39 bits per heavy atom. The van der Waals surface area contributed by atoms with Gasteiger partial charge in [0.2, 0.25) is 0 Å². The first-order valence-electron chi connectivity index (χ1n) is 9.99. The smallest absolute Gasteiger partial charge is 0.415 e. The van der Waals surface area contributed by atoms with E-state index >= 15 is 0 Å². The fourth-order valence-electron chi connectivity index (χ4n) is 2.64. The fourth-order valence-corrected chi connectivity index (χ4v) is 2.64. The number of nitrogens with zero attached hydrogens (tertiary/aromatic N) is 3. The average molecular weight is 430 g/mol. The van der Waals surface area contributed by atoms with Crippen LogP contribution in [0.4, 0.5) is 26.9 Å². The lowest BCUT2D eigenvalue weighted by atomic mass is 10.1. The number of nitrogens with two attached hydrogens (primary N) is 1. The lowest BCUT2D eigenvalue weighted by molar-refractivity contribution is 0.0635. The van der Waals surface area contributed by atoms with Crippen LogP contribution >= 0.6 is 0 Å². The normalized spacial score (nSPS) is 11.5. The number of ether oxygens (including phenoxy) is 2. The van der Waals surface area contributed by atoms with Crippen LogP contribution in [0.15, 0.2) is 36.5 Å². The predicted molar refractivity (Wildman–Crippen MR) is 120 cm³/mol. The molecule has 0 unspecified atom stereocenters. The van der Waals surface area contributed by atoms with Gasteiger partial charge < -0.3 is 15.2 Å². The summed E-state index contributed by atoms with van der Waals surface area (Å²) in [5.41, 5.74) is 5.71. The maximum absolute atomic E-state index is 12.7. The number of anilines is 3. The van der Waals surface area contributed by atoms with E-state index in [1.165, 1.54) is 11.1 Å². The molecular weight excluding hydrogens is 398 g/mol. The van der Waals surface area contributed by atoms with E-state index in [0.717, 1.165) is 0 Å². The summed E-state index contributed by atoms with van der Waals surface area (Å²) < 4.78 is 10.7. The molecule has 0 atom stereocenters. The lowest BCUT2D eigenvalue weighted by Crippen LogP contribution is -2.46. The Kier molecular flexibility index (Phi) is 7.43. The average Bonchev–Trinajstić information content (AvgIpc) is 2.61. The molecule has 9 nitrogen and oxygen atoms in total. The van der Waals surface area contributed by atoms with Crippen molar-refractivity contribution < 1.29 is 19.1 Å². The highest BCUT2D eigenvalue weighted by Gasteiger charge is 2.30. The van der Waals surface area contributed by atoms with Crippen molar-refractivity contribution in [1.29, 1.82) is 0 Å². The molecule has 0 spiro atoms. The molecule has 0 aliphatic carbocycles. The van der Waals surface area contributed by atoms with Gasteiger partial charge in [-0.2, -0.15) is 0 Å². The van der Waals surface area contributed by atoms with Gasteiger partial charge in [-0.15, -0.1) is 0 Å². The summed E-state index contributed by atoms with van der Waals surface area (Å²) in [6.07, 6.45) is 0.769. The van der Waals surface area contributed by atoms with E-state index in [9.17, 15) is 9.59 Å². The third-order valence-corrected chi connectivity index (χ3v) is 3.87. The number of aromatic nitrogens is 2. The Balaban J connectivity index is 1.98. The second-order valence-corrected chi connectivity index (χ2v) is 8.96. The van der Waals surface area contributed by atoms with Gasteiger partial charge in [0.05, 0.1) is 18.5 Å². The van der Waals surface area contributed by atoms with Crippen LogP contribution in [0.1, 0.15) is 47.2 Å². The van der Waals surface area contributed by atoms with Gasteiger partial charge >= 0.3 is 12.2 Å². The molecule has 0 saturated heterocycles. The molecule has 2 aromatic heterocycles. The number of nitrogens with one attached hydrogen (secondary N) is 1. The SMILES string of the molecule is CC(C)(C)OC(=O)Nc1cccc(CCOC(=O)N(c2ccc(N)cn2)C(C)(C)C)n1. The monoisotopic (exact) mass is 429 g/mol. The maximum Gasteiger partial charge on any atom is 0.415 e. The molecule has 31 heavy (non-hydrogen) atoms. The van der Waals surface area contributed by atoms with Crippen LogP contribution < -0.4 is 16.0 Å². The molecule has 2 amide bonds. The number of carbonyl (C=O) groups excluding carboxylic acids is 2. The molecule has 0 bridgehead atoms. The highest BCUT2D eigenvalue weighted by Crippen LogP contribution is 2.23. The molecule has 2 rings (SSSR count). The molecule has 0 aromatic carbocycles. The molecule has 3 N–H and O–H groups in total. The molecular formula is C22H31N5O4. The second kappa shape index (κ2) is 9.63. The number of rotatable bonds is 5. The number of hydrogen-bond donors (Lipinski definition) is 2. The summed E-state index contributed by atoms with van der Waals surface area (Å²) in [5, 5.41) is 2.60. The fraction of sp³-hybridized carbons (Fsp3) is 0.455. The molecule has 2 heterocycles. The number of pyridine rings is 2. The minimum Gasteiger partial charge on any atom is -0.449 e. The summed E-state index contributed by atoms with van der Waals surface area (Å²) in [5.74, 6) is 0.814. The van der Waals surface area contributed by atoms with E-state index in [4.69, 9.17) is 15.2 Å². The zero-order chi connectivity index (χ0) is 23.2. The van der Waals surface area contributed by atoms with Crippen molar-refractivity contribution in [1.82, 2.24) is 9.97 Å². The van der Waals surface area contributed by atoms with Crippen LogP contribution in [0.5, 0.6) is 0 Å². The van der Waals surface area contributed by atoms with E-state index in [0.29, 0.717) is 29.4 Å². The number of hydrogen-bond acceptors (Lipinski definition) is 7. The maximum atomic E-state index is 12.7. The lowest BCUT2D eigenvalue weighted by Gasteiger charge is -2.33. The predicted octanol–water partition coefficient (Wildman–Crippen LogP) is 4.39. The van der Waals surface area contributed by atoms with E-state index in [1.54, 1.807) is 51.1 Å². The third kappa shape index (κ3) is 7.76. The Hall–Kier alpha value is -3.36. The first kappa shape index (κ1) is 23.9. The Morgan fingerprint density at radius 1 is 1.10 bits per heavy atom. The van der Waals surface area contributed by atoms with E-state index < -0.39 is 23.3 Å². The van der Waals surface area contributed by atoms with E-state index in [2.05, 4.69) is 15.3 Å². The third-order valence-electron chi connectivity index (χ3n) is 3.87. The first-order chi connectivity index (χ1) is 14.3. The molecule has 0 aliphatic heterocycles. The molecule has 0 radical (unpaired) electrons. The van der Waals surface area contributed by atoms with Crippen molar-refractivity contribution in [2.24, 2.45) is 0 Å². The quantitative estimate of drug-likeness (QED) is 0.723. The van der Waals surface area contributed by atoms with Gasteiger partial charge in [0.1, 0.15) is 17.2 Å². The molecule has 2 aromatic rings. The Labute approximate surface area is 183 Å². The minimum atomic E-state index is -0.603. The number of nitrogen functional groups attached to an aromatic ring is 1. The zero-order valence-electron chi connectivity index (χ0n) is 18.9. The summed E-state index contributed by atoms with van der Waals surface area (Å²) in [4.78, 5) is 34.7. The largest absolute Gasteiger partial charge is 0.449 e. The summed E-state index contributed by atoms with van der Waals surface area (Å²) in [6, 6.07) is 8.57. The second-order valence-electron chi connectivity index (χ2n) is 8.96. The van der Waals surface area contributed by atoms with Crippen molar-refractivity contribution in [3.05, 3.63) is 42.2 Å². The summed E-state index contributed by atoms with van der Waals surface area (Å²) in [7, 11) is 0. The van der Waals surface area contributed by atoms with Crippen LogP contribution in [-0.2, 0) is 15.9 Å². The zero-order valence-corrected chi connectivity index (χ0v) is 18.9. The molecule has 9 heteroatoms. The Morgan fingerprint density at radius 2 is 1.81 bits per heavy atom. The number of carbonyl (C=O) groups is 2. The van der Waals surface area contributed by atoms with Crippen molar-refractivity contribution in [3.8, 4) is 0 Å². The Bertz CT molecular complexity index is 901. The highest BCUT2D eigenvalue weighted by molar-refractivity contribution is 5.88. The topological polar surface area (TPSA) is 120 Å². The van der Waals surface area contributed by atoms with Gasteiger partial charge in [-0.05, 0) is 65.8 Å². The van der Waals surface area contributed by atoms with Crippen LogP contribution in [0.25, 0.3) is 0 Å². The molecule has 0 aliphatic rings. The molecule has 168 valence electrons. The van der Waals surface area contributed by atoms with Crippen molar-refractivity contribution in [2.75, 3.05) is 22.6 Å². The van der Waals surface area contributed by atoms with Crippen molar-refractivity contribution >= 4 is 29.5 Å². The van der Waals surface area contributed by atoms with Crippen LogP contribution in [-0.4, -0.2) is 39.9 Å².